The molecule has 1 amide bonds. The second-order valence-electron chi connectivity index (χ2n) is 12.7. The Kier molecular flexibility index (Phi) is 10.6. The van der Waals surface area contributed by atoms with Gasteiger partial charge in [0.1, 0.15) is 41.9 Å². The van der Waals surface area contributed by atoms with E-state index in [1.807, 2.05) is 11.8 Å². The predicted octanol–water partition coefficient (Wildman–Crippen LogP) is 4.11. The van der Waals surface area contributed by atoms with Crippen molar-refractivity contribution >= 4 is 29.0 Å². The zero-order valence-corrected chi connectivity index (χ0v) is 27.8. The average molecular weight is 665 g/mol. The summed E-state index contributed by atoms with van der Waals surface area (Å²) < 4.78 is 44.9. The lowest BCUT2D eigenvalue weighted by atomic mass is 10.0. The number of hydrogen-bond donors (Lipinski definition) is 2. The van der Waals surface area contributed by atoms with Gasteiger partial charge >= 0.3 is 5.69 Å². The van der Waals surface area contributed by atoms with E-state index in [2.05, 4.69) is 35.7 Å². The molecule has 2 aliphatic rings. The Hall–Kier alpha value is -4.62. The number of nitrogens with zero attached hydrogens (tertiary/aromatic N) is 5. The number of carbonyl (C=O) groups is 1. The van der Waals surface area contributed by atoms with Crippen molar-refractivity contribution in [1.29, 1.82) is 0 Å². The van der Waals surface area contributed by atoms with Crippen molar-refractivity contribution < 1.29 is 28.2 Å². The second-order valence-corrected chi connectivity index (χ2v) is 12.7. The average Bonchev–Trinajstić information content (AvgIpc) is 3.04. The standard InChI is InChI=1S/C35H42F2N6O5/c1-7-29(44)41-13-14-42(22(6)17-41)34-24-15-26(37)31-30-25(36)9-8-10-27(30)47-19-28(48-21(4)5)32(45)23(11-12-38-16-20(2)3)18-43(33(24)39-31)35(46)40-34/h7-12,15,18,20-22,28,32,38,45H,1,13-14,16-17,19H2,2-6H3/b12-11-,23-18?/t22-,28?,32?/m0/s1. The van der Waals surface area contributed by atoms with Gasteiger partial charge in [0.2, 0.25) is 5.91 Å². The van der Waals surface area contributed by atoms with Crippen molar-refractivity contribution in [2.75, 3.05) is 37.7 Å². The van der Waals surface area contributed by atoms with Gasteiger partial charge in [-0.05, 0) is 63.2 Å². The summed E-state index contributed by atoms with van der Waals surface area (Å²) in [6, 6.07) is 4.96. The fourth-order valence-corrected chi connectivity index (χ4v) is 5.86. The van der Waals surface area contributed by atoms with Gasteiger partial charge in [0.25, 0.3) is 0 Å². The highest BCUT2D eigenvalue weighted by Crippen LogP contribution is 2.37. The van der Waals surface area contributed by atoms with Crippen molar-refractivity contribution in [3.05, 3.63) is 76.9 Å². The van der Waals surface area contributed by atoms with Gasteiger partial charge in [0.05, 0.1) is 17.1 Å². The maximum atomic E-state index is 16.2. The summed E-state index contributed by atoms with van der Waals surface area (Å²) in [7, 11) is 0. The Morgan fingerprint density at radius 1 is 1.21 bits per heavy atom. The fraction of sp³-hybridized carbons (Fsp3) is 0.429. The van der Waals surface area contributed by atoms with Gasteiger partial charge < -0.3 is 29.7 Å². The third-order valence-electron chi connectivity index (χ3n) is 8.17. The van der Waals surface area contributed by atoms with E-state index >= 15 is 8.78 Å². The van der Waals surface area contributed by atoms with Crippen LogP contribution in [0.15, 0.2) is 59.6 Å². The molecule has 0 saturated carbocycles. The highest BCUT2D eigenvalue weighted by Gasteiger charge is 2.32. The first-order chi connectivity index (χ1) is 22.9. The Morgan fingerprint density at radius 3 is 2.67 bits per heavy atom. The number of benzene rings is 1. The first-order valence-electron chi connectivity index (χ1n) is 16.1. The molecule has 0 spiro atoms. The molecule has 2 bridgehead atoms. The maximum absolute atomic E-state index is 16.2. The molecule has 11 nitrogen and oxygen atoms in total. The number of aromatic nitrogens is 3. The number of carbonyl (C=O) groups excluding carboxylic acids is 1. The van der Waals surface area contributed by atoms with Crippen molar-refractivity contribution in [3.63, 3.8) is 0 Å². The molecule has 1 aromatic carbocycles. The van der Waals surface area contributed by atoms with Gasteiger partial charge in [0.15, 0.2) is 11.5 Å². The van der Waals surface area contributed by atoms with Gasteiger partial charge in [-0.2, -0.15) is 4.98 Å². The third-order valence-corrected chi connectivity index (χ3v) is 8.17. The SMILES string of the molecule is C=CC(=O)N1CCN(c2nc(=O)n3c4nc(c(F)cc24)-c2c(F)cccc2OCC(OC(C)C)C(O)C(/C=C\NCC(C)C)=C3)[C@@H](C)C1. The van der Waals surface area contributed by atoms with E-state index in [1.165, 1.54) is 36.5 Å². The molecule has 5 rings (SSSR count). The van der Waals surface area contributed by atoms with Crippen molar-refractivity contribution in [2.45, 2.75) is 59.0 Å². The van der Waals surface area contributed by atoms with Gasteiger partial charge in [-0.1, -0.05) is 26.5 Å². The number of pyridine rings is 1. The molecule has 2 N–H and O–H groups in total. The minimum atomic E-state index is -1.32. The number of ether oxygens (including phenoxy) is 2. The molecule has 2 unspecified atom stereocenters. The van der Waals surface area contributed by atoms with Crippen LogP contribution in [0.4, 0.5) is 14.6 Å². The number of aliphatic hydroxyl groups excluding tert-OH is 1. The quantitative estimate of drug-likeness (QED) is 0.343. The summed E-state index contributed by atoms with van der Waals surface area (Å²) >= 11 is 0. The lowest BCUT2D eigenvalue weighted by Gasteiger charge is -2.40. The van der Waals surface area contributed by atoms with Crippen molar-refractivity contribution in [3.8, 4) is 17.0 Å². The van der Waals surface area contributed by atoms with Crippen molar-refractivity contribution in [1.82, 2.24) is 24.8 Å². The van der Waals surface area contributed by atoms with Crippen LogP contribution in [0.1, 0.15) is 34.6 Å². The molecule has 3 aromatic rings. The summed E-state index contributed by atoms with van der Waals surface area (Å²) in [5, 5.41) is 15.1. The van der Waals surface area contributed by atoms with E-state index in [4.69, 9.17) is 9.47 Å². The number of fused-ring (bicyclic) bond motifs is 3. The molecule has 1 saturated heterocycles. The van der Waals surface area contributed by atoms with E-state index in [0.29, 0.717) is 32.1 Å². The summed E-state index contributed by atoms with van der Waals surface area (Å²) in [5.41, 5.74) is -1.10. The maximum Gasteiger partial charge on any atom is 0.355 e. The molecule has 3 atom stereocenters. The van der Waals surface area contributed by atoms with Crippen LogP contribution in [-0.2, 0) is 9.53 Å². The Bertz CT molecular complexity index is 1810. The lowest BCUT2D eigenvalue weighted by Crippen LogP contribution is -2.54. The smallest absolute Gasteiger partial charge is 0.355 e. The minimum Gasteiger partial charge on any atom is -0.490 e. The minimum absolute atomic E-state index is 0.00893. The zero-order valence-electron chi connectivity index (χ0n) is 27.8. The number of hydrogen-bond acceptors (Lipinski definition) is 9. The summed E-state index contributed by atoms with van der Waals surface area (Å²) in [6.07, 6.45) is 3.30. The van der Waals surface area contributed by atoms with Crippen LogP contribution >= 0.6 is 0 Å². The van der Waals surface area contributed by atoms with Crippen LogP contribution in [0.25, 0.3) is 28.5 Å². The van der Waals surface area contributed by atoms with Gasteiger partial charge in [-0.25, -0.2) is 18.6 Å². The number of anilines is 1. The van der Waals surface area contributed by atoms with E-state index in [9.17, 15) is 14.7 Å². The van der Waals surface area contributed by atoms with E-state index in [-0.39, 0.29) is 64.1 Å². The highest BCUT2D eigenvalue weighted by atomic mass is 19.1. The van der Waals surface area contributed by atoms with Crippen LogP contribution in [-0.4, -0.2) is 87.6 Å². The van der Waals surface area contributed by atoms with Crippen LogP contribution in [0.5, 0.6) is 5.75 Å². The molecule has 4 heterocycles. The molecule has 0 aliphatic carbocycles. The highest BCUT2D eigenvalue weighted by molar-refractivity contribution is 5.91. The first kappa shape index (κ1) is 34.7. The van der Waals surface area contributed by atoms with E-state index in [0.717, 1.165) is 4.57 Å². The van der Waals surface area contributed by atoms with Gasteiger partial charge in [-0.3, -0.25) is 9.36 Å². The van der Waals surface area contributed by atoms with Gasteiger partial charge in [-0.15, -0.1) is 0 Å². The molecular weight excluding hydrogens is 622 g/mol. The Labute approximate surface area is 278 Å². The van der Waals surface area contributed by atoms with E-state index in [1.54, 1.807) is 31.0 Å². The number of nitrogens with one attached hydrogen (secondary N) is 1. The fourth-order valence-electron chi connectivity index (χ4n) is 5.86. The molecule has 48 heavy (non-hydrogen) atoms. The number of aliphatic hydroxyl groups is 1. The van der Waals surface area contributed by atoms with Gasteiger partial charge in [0, 0.05) is 44.0 Å². The first-order valence-corrected chi connectivity index (χ1v) is 16.1. The van der Waals surface area contributed by atoms with E-state index < -0.39 is 29.5 Å². The third kappa shape index (κ3) is 7.26. The zero-order chi connectivity index (χ0) is 34.7. The second kappa shape index (κ2) is 14.7. The van der Waals surface area contributed by atoms with Crippen LogP contribution in [0, 0.1) is 17.6 Å². The van der Waals surface area contributed by atoms with Crippen LogP contribution < -0.4 is 20.6 Å². The molecule has 256 valence electrons. The summed E-state index contributed by atoms with van der Waals surface area (Å²) in [5.74, 6) is -1.35. The Morgan fingerprint density at radius 2 is 1.98 bits per heavy atom. The number of halogens is 2. The molecule has 2 aliphatic heterocycles. The largest absolute Gasteiger partial charge is 0.490 e. The number of amides is 1. The number of piperazine rings is 1. The lowest BCUT2D eigenvalue weighted by molar-refractivity contribution is -0.126. The topological polar surface area (TPSA) is 122 Å². The molecule has 0 radical (unpaired) electrons. The monoisotopic (exact) mass is 664 g/mol. The summed E-state index contributed by atoms with van der Waals surface area (Å²) in [4.78, 5) is 38.7. The summed E-state index contributed by atoms with van der Waals surface area (Å²) in [6.45, 7) is 14.5. The van der Waals surface area contributed by atoms with Crippen LogP contribution in [0.2, 0.25) is 0 Å². The number of rotatable bonds is 8. The molecule has 1 fully saturated rings. The van der Waals surface area contributed by atoms with Crippen molar-refractivity contribution in [2.24, 2.45) is 5.92 Å². The molecular formula is C35H42F2N6O5. The molecule has 2 aromatic heterocycles. The molecule has 13 heteroatoms. The normalized spacial score (nSPS) is 20.0. The Balaban J connectivity index is 1.77. The van der Waals surface area contributed by atoms with Crippen LogP contribution in [0.3, 0.4) is 0 Å². The predicted molar refractivity (Wildman–Crippen MR) is 180 cm³/mol.